The molecule has 0 atom stereocenters. The van der Waals surface area contributed by atoms with E-state index >= 15 is 0 Å². The zero-order chi connectivity index (χ0) is 13.7. The largest absolute Gasteiger partial charge is 0.465 e. The maximum absolute atomic E-state index is 11.1. The van der Waals surface area contributed by atoms with Crippen LogP contribution in [-0.4, -0.2) is 23.9 Å². The van der Waals surface area contributed by atoms with Crippen LogP contribution in [0.1, 0.15) is 16.4 Å². The molecular formula is C14H18N2O2S. The van der Waals surface area contributed by atoms with Crippen molar-refractivity contribution in [1.82, 2.24) is 4.90 Å². The third-order valence-electron chi connectivity index (χ3n) is 2.81. The van der Waals surface area contributed by atoms with E-state index in [4.69, 9.17) is 10.2 Å². The zero-order valence-electron chi connectivity index (χ0n) is 11.0. The lowest BCUT2D eigenvalue weighted by Crippen LogP contribution is -2.34. The van der Waals surface area contributed by atoms with E-state index in [2.05, 4.69) is 11.4 Å². The smallest absolute Gasteiger partial charge is 0.231 e. The molecule has 0 aliphatic rings. The minimum absolute atomic E-state index is 0.255. The summed E-state index contributed by atoms with van der Waals surface area (Å²) in [7, 11) is 0. The summed E-state index contributed by atoms with van der Waals surface area (Å²) in [5.41, 5.74) is 5.29. The normalized spacial score (nSPS) is 11.1. The second-order valence-electron chi connectivity index (χ2n) is 4.52. The van der Waals surface area contributed by atoms with Crippen molar-refractivity contribution in [2.45, 2.75) is 19.9 Å². The summed E-state index contributed by atoms with van der Waals surface area (Å²) < 4.78 is 5.54. The van der Waals surface area contributed by atoms with Crippen molar-refractivity contribution in [2.24, 2.45) is 5.73 Å². The molecule has 0 aromatic carbocycles. The first kappa shape index (κ1) is 13.8. The van der Waals surface area contributed by atoms with E-state index in [1.54, 1.807) is 11.3 Å². The molecule has 2 N–H and O–H groups in total. The lowest BCUT2D eigenvalue weighted by atomic mass is 10.3. The Morgan fingerprint density at radius 3 is 2.84 bits per heavy atom. The number of hydrogen-bond donors (Lipinski definition) is 1. The third-order valence-corrected chi connectivity index (χ3v) is 3.75. The van der Waals surface area contributed by atoms with Gasteiger partial charge in [0.2, 0.25) is 5.91 Å². The third kappa shape index (κ3) is 4.54. The van der Waals surface area contributed by atoms with Gasteiger partial charge in [0.25, 0.3) is 0 Å². The van der Waals surface area contributed by atoms with Gasteiger partial charge in [-0.1, -0.05) is 6.07 Å². The number of nitrogens with zero attached hydrogens (tertiary/aromatic N) is 1. The van der Waals surface area contributed by atoms with E-state index in [-0.39, 0.29) is 12.5 Å². The van der Waals surface area contributed by atoms with E-state index in [1.807, 2.05) is 30.0 Å². The number of thiophene rings is 1. The Morgan fingerprint density at radius 2 is 2.26 bits per heavy atom. The molecule has 0 bridgehead atoms. The monoisotopic (exact) mass is 278 g/mol. The summed E-state index contributed by atoms with van der Waals surface area (Å²) in [5, 5.41) is 2.06. The molecule has 0 aliphatic carbocycles. The minimum atomic E-state index is -0.311. The van der Waals surface area contributed by atoms with Gasteiger partial charge in [-0.25, -0.2) is 0 Å². The highest BCUT2D eigenvalue weighted by molar-refractivity contribution is 7.09. The van der Waals surface area contributed by atoms with Gasteiger partial charge in [-0.2, -0.15) is 0 Å². The molecule has 1 amide bonds. The summed E-state index contributed by atoms with van der Waals surface area (Å²) >= 11 is 1.73. The maximum Gasteiger partial charge on any atom is 0.231 e. The molecule has 0 saturated carbocycles. The van der Waals surface area contributed by atoms with Gasteiger partial charge >= 0.3 is 0 Å². The van der Waals surface area contributed by atoms with Crippen molar-refractivity contribution in [3.05, 3.63) is 46.0 Å². The van der Waals surface area contributed by atoms with Crippen LogP contribution in [0.2, 0.25) is 0 Å². The number of rotatable bonds is 7. The Morgan fingerprint density at radius 1 is 1.42 bits per heavy atom. The first-order valence-corrected chi connectivity index (χ1v) is 7.10. The molecule has 102 valence electrons. The highest BCUT2D eigenvalue weighted by Gasteiger charge is 2.11. The summed E-state index contributed by atoms with van der Waals surface area (Å²) in [5.74, 6) is 1.44. The number of aryl methyl sites for hydroxylation is 1. The van der Waals surface area contributed by atoms with Gasteiger partial charge in [0.05, 0.1) is 13.1 Å². The van der Waals surface area contributed by atoms with Crippen LogP contribution < -0.4 is 5.73 Å². The summed E-state index contributed by atoms with van der Waals surface area (Å²) in [4.78, 5) is 14.4. The van der Waals surface area contributed by atoms with Crippen LogP contribution >= 0.6 is 11.3 Å². The number of primary amides is 1. The van der Waals surface area contributed by atoms with Gasteiger partial charge < -0.3 is 10.2 Å². The molecule has 19 heavy (non-hydrogen) atoms. The SMILES string of the molecule is Cc1ccc(CN(CCc2cccs2)CC(N)=O)o1. The summed E-state index contributed by atoms with van der Waals surface area (Å²) in [6.07, 6.45) is 0.921. The molecule has 0 spiro atoms. The number of hydrogen-bond acceptors (Lipinski definition) is 4. The molecule has 0 unspecified atom stereocenters. The molecule has 2 heterocycles. The second-order valence-corrected chi connectivity index (χ2v) is 5.55. The van der Waals surface area contributed by atoms with Crippen LogP contribution in [-0.2, 0) is 17.8 Å². The number of carbonyl (C=O) groups excluding carboxylic acids is 1. The van der Waals surface area contributed by atoms with Gasteiger partial charge in [0.1, 0.15) is 11.5 Å². The molecule has 0 saturated heterocycles. The Labute approximate surface area is 116 Å². The fourth-order valence-electron chi connectivity index (χ4n) is 1.95. The number of amides is 1. The van der Waals surface area contributed by atoms with Crippen LogP contribution in [0.5, 0.6) is 0 Å². The highest BCUT2D eigenvalue weighted by atomic mass is 32.1. The topological polar surface area (TPSA) is 59.5 Å². The molecular weight excluding hydrogens is 260 g/mol. The molecule has 0 aliphatic heterocycles. The Kier molecular flexibility index (Phi) is 4.76. The summed E-state index contributed by atoms with van der Waals surface area (Å²) in [6, 6.07) is 8.00. The van der Waals surface area contributed by atoms with Crippen LogP contribution in [0.15, 0.2) is 34.1 Å². The van der Waals surface area contributed by atoms with Crippen molar-refractivity contribution < 1.29 is 9.21 Å². The standard InChI is InChI=1S/C14H18N2O2S/c1-11-4-5-12(18-11)9-16(10-14(15)17)7-6-13-3-2-8-19-13/h2-5,8H,6-7,9-10H2,1H3,(H2,15,17). The van der Waals surface area contributed by atoms with Crippen LogP contribution in [0.25, 0.3) is 0 Å². The molecule has 0 fully saturated rings. The number of furan rings is 1. The van der Waals surface area contributed by atoms with Gasteiger partial charge in [-0.05, 0) is 36.9 Å². The molecule has 2 aromatic rings. The van der Waals surface area contributed by atoms with Crippen molar-refractivity contribution in [3.8, 4) is 0 Å². The lowest BCUT2D eigenvalue weighted by Gasteiger charge is -2.18. The lowest BCUT2D eigenvalue weighted by molar-refractivity contribution is -0.119. The van der Waals surface area contributed by atoms with E-state index in [9.17, 15) is 4.79 Å². The molecule has 4 nitrogen and oxygen atoms in total. The van der Waals surface area contributed by atoms with E-state index in [0.29, 0.717) is 6.54 Å². The maximum atomic E-state index is 11.1. The molecule has 5 heteroatoms. The van der Waals surface area contributed by atoms with Crippen molar-refractivity contribution in [1.29, 1.82) is 0 Å². The Balaban J connectivity index is 1.93. The van der Waals surface area contributed by atoms with Crippen LogP contribution in [0.4, 0.5) is 0 Å². The average Bonchev–Trinajstić information content (AvgIpc) is 2.97. The number of carbonyl (C=O) groups is 1. The van der Waals surface area contributed by atoms with Crippen LogP contribution in [0.3, 0.4) is 0 Å². The predicted molar refractivity (Wildman–Crippen MR) is 75.9 cm³/mol. The second kappa shape index (κ2) is 6.54. The minimum Gasteiger partial charge on any atom is -0.465 e. The van der Waals surface area contributed by atoms with Crippen LogP contribution in [0, 0.1) is 6.92 Å². The highest BCUT2D eigenvalue weighted by Crippen LogP contribution is 2.13. The van der Waals surface area contributed by atoms with E-state index < -0.39 is 0 Å². The van der Waals surface area contributed by atoms with Crippen molar-refractivity contribution in [3.63, 3.8) is 0 Å². The first-order chi connectivity index (χ1) is 9.13. The molecule has 2 rings (SSSR count). The summed E-state index contributed by atoms with van der Waals surface area (Å²) in [6.45, 7) is 3.57. The number of nitrogens with two attached hydrogens (primary N) is 1. The fourth-order valence-corrected chi connectivity index (χ4v) is 2.65. The van der Waals surface area contributed by atoms with Gasteiger partial charge in [0, 0.05) is 11.4 Å². The Bertz CT molecular complexity index is 519. The van der Waals surface area contributed by atoms with E-state index in [0.717, 1.165) is 24.5 Å². The van der Waals surface area contributed by atoms with E-state index in [1.165, 1.54) is 4.88 Å². The van der Waals surface area contributed by atoms with Gasteiger partial charge in [-0.15, -0.1) is 11.3 Å². The van der Waals surface area contributed by atoms with Gasteiger partial charge in [-0.3, -0.25) is 9.69 Å². The van der Waals surface area contributed by atoms with Crippen molar-refractivity contribution >= 4 is 17.2 Å². The Hall–Kier alpha value is -1.59. The van der Waals surface area contributed by atoms with Gasteiger partial charge in [0.15, 0.2) is 0 Å². The predicted octanol–water partition coefficient (Wildman–Crippen LogP) is 2.18. The molecule has 0 radical (unpaired) electrons. The fraction of sp³-hybridized carbons (Fsp3) is 0.357. The molecule has 2 aromatic heterocycles. The first-order valence-electron chi connectivity index (χ1n) is 6.22. The average molecular weight is 278 g/mol. The van der Waals surface area contributed by atoms with Crippen molar-refractivity contribution in [2.75, 3.05) is 13.1 Å². The zero-order valence-corrected chi connectivity index (χ0v) is 11.8. The quantitative estimate of drug-likeness (QED) is 0.844.